The molecule has 13 heavy (non-hydrogen) atoms. The van der Waals surface area contributed by atoms with E-state index >= 15 is 0 Å². The van der Waals surface area contributed by atoms with Gasteiger partial charge in [0.25, 0.3) is 0 Å². The van der Waals surface area contributed by atoms with Gasteiger partial charge in [0.05, 0.1) is 0 Å². The van der Waals surface area contributed by atoms with Gasteiger partial charge in [0, 0.05) is 24.5 Å². The summed E-state index contributed by atoms with van der Waals surface area (Å²) < 4.78 is 0. The molecule has 0 radical (unpaired) electrons. The van der Waals surface area contributed by atoms with Crippen LogP contribution in [0.1, 0.15) is 12.5 Å². The Labute approximate surface area is 75.8 Å². The molecular weight excluding hydrogens is 170 g/mol. The van der Waals surface area contributed by atoms with Crippen molar-refractivity contribution in [1.82, 2.24) is 15.3 Å². The summed E-state index contributed by atoms with van der Waals surface area (Å²) in [5.74, 6) is -0.864. The molecule has 70 valence electrons. The fourth-order valence-corrected chi connectivity index (χ4v) is 0.780. The van der Waals surface area contributed by atoms with Crippen molar-refractivity contribution in [3.63, 3.8) is 0 Å². The number of carbonyl (C=O) groups is 1. The van der Waals surface area contributed by atoms with Gasteiger partial charge in [-0.3, -0.25) is 4.79 Å². The second-order valence-corrected chi connectivity index (χ2v) is 2.69. The smallest absolute Gasteiger partial charge is 0.320 e. The van der Waals surface area contributed by atoms with Gasteiger partial charge in [0.15, 0.2) is 0 Å². The molecular formula is C8H11N3O2. The maximum atomic E-state index is 10.4. The van der Waals surface area contributed by atoms with Gasteiger partial charge in [-0.2, -0.15) is 0 Å². The Balaban J connectivity index is 2.39. The van der Waals surface area contributed by atoms with Crippen molar-refractivity contribution in [3.05, 3.63) is 24.3 Å². The van der Waals surface area contributed by atoms with E-state index in [1.807, 2.05) is 0 Å². The molecule has 0 aliphatic heterocycles. The lowest BCUT2D eigenvalue weighted by Gasteiger charge is -2.07. The molecule has 1 aromatic heterocycles. The zero-order valence-corrected chi connectivity index (χ0v) is 7.27. The minimum Gasteiger partial charge on any atom is -0.480 e. The molecule has 1 aromatic rings. The van der Waals surface area contributed by atoms with E-state index in [1.54, 1.807) is 19.3 Å². The van der Waals surface area contributed by atoms with Gasteiger partial charge < -0.3 is 10.4 Å². The van der Waals surface area contributed by atoms with Crippen LogP contribution in [0.3, 0.4) is 0 Å². The second-order valence-electron chi connectivity index (χ2n) is 2.69. The summed E-state index contributed by atoms with van der Waals surface area (Å²) in [7, 11) is 0. The first-order chi connectivity index (χ1) is 6.20. The lowest BCUT2D eigenvalue weighted by atomic mass is 10.3. The predicted molar refractivity (Wildman–Crippen MR) is 46.0 cm³/mol. The lowest BCUT2D eigenvalue weighted by molar-refractivity contribution is -0.139. The first kappa shape index (κ1) is 9.60. The Morgan fingerprint density at radius 2 is 2.23 bits per heavy atom. The highest BCUT2D eigenvalue weighted by atomic mass is 16.4. The molecule has 0 aliphatic rings. The largest absolute Gasteiger partial charge is 0.480 e. The summed E-state index contributed by atoms with van der Waals surface area (Å²) in [6.07, 6.45) is 4.73. The summed E-state index contributed by atoms with van der Waals surface area (Å²) in [5, 5.41) is 11.4. The Morgan fingerprint density at radius 1 is 1.62 bits per heavy atom. The normalized spacial score (nSPS) is 12.4. The SMILES string of the molecule is CC(NCc1cncnc1)C(=O)O. The monoisotopic (exact) mass is 181 g/mol. The molecule has 1 unspecified atom stereocenters. The van der Waals surface area contributed by atoms with E-state index < -0.39 is 12.0 Å². The fraction of sp³-hybridized carbons (Fsp3) is 0.375. The summed E-state index contributed by atoms with van der Waals surface area (Å²) in [5.41, 5.74) is 0.871. The van der Waals surface area contributed by atoms with Crippen molar-refractivity contribution in [3.8, 4) is 0 Å². The number of hydrogen-bond donors (Lipinski definition) is 2. The van der Waals surface area contributed by atoms with Crippen LogP contribution in [0.4, 0.5) is 0 Å². The number of carboxylic acid groups (broad SMARTS) is 1. The maximum absolute atomic E-state index is 10.4. The van der Waals surface area contributed by atoms with Crippen molar-refractivity contribution in [2.75, 3.05) is 0 Å². The van der Waals surface area contributed by atoms with Crippen molar-refractivity contribution in [2.45, 2.75) is 19.5 Å². The summed E-state index contributed by atoms with van der Waals surface area (Å²) in [4.78, 5) is 18.0. The number of aliphatic carboxylic acids is 1. The molecule has 2 N–H and O–H groups in total. The van der Waals surface area contributed by atoms with E-state index in [0.29, 0.717) is 6.54 Å². The van der Waals surface area contributed by atoms with Crippen LogP contribution in [0, 0.1) is 0 Å². The molecule has 0 amide bonds. The highest BCUT2D eigenvalue weighted by molar-refractivity contribution is 5.72. The Bertz CT molecular complexity index is 276. The minimum atomic E-state index is -0.864. The van der Waals surface area contributed by atoms with Gasteiger partial charge in [-0.25, -0.2) is 9.97 Å². The molecule has 1 heterocycles. The average molecular weight is 181 g/mol. The number of nitrogens with one attached hydrogen (secondary N) is 1. The van der Waals surface area contributed by atoms with Crippen LogP contribution in [-0.4, -0.2) is 27.1 Å². The molecule has 0 spiro atoms. The molecule has 5 nitrogen and oxygen atoms in total. The zero-order valence-electron chi connectivity index (χ0n) is 7.27. The van der Waals surface area contributed by atoms with Crippen LogP contribution >= 0.6 is 0 Å². The number of aromatic nitrogens is 2. The van der Waals surface area contributed by atoms with Gasteiger partial charge >= 0.3 is 5.97 Å². The van der Waals surface area contributed by atoms with E-state index in [9.17, 15) is 4.79 Å². The van der Waals surface area contributed by atoms with E-state index in [4.69, 9.17) is 5.11 Å². The van der Waals surface area contributed by atoms with Gasteiger partial charge in [-0.05, 0) is 6.92 Å². The van der Waals surface area contributed by atoms with Crippen LogP contribution in [0.15, 0.2) is 18.7 Å². The quantitative estimate of drug-likeness (QED) is 0.686. The van der Waals surface area contributed by atoms with Crippen molar-refractivity contribution in [2.24, 2.45) is 0 Å². The Hall–Kier alpha value is -1.49. The number of rotatable bonds is 4. The Kier molecular flexibility index (Phi) is 3.33. The molecule has 0 aromatic carbocycles. The third-order valence-corrected chi connectivity index (χ3v) is 1.60. The maximum Gasteiger partial charge on any atom is 0.320 e. The van der Waals surface area contributed by atoms with E-state index in [0.717, 1.165) is 5.56 Å². The first-order valence-corrected chi connectivity index (χ1v) is 3.90. The zero-order chi connectivity index (χ0) is 9.68. The third-order valence-electron chi connectivity index (χ3n) is 1.60. The van der Waals surface area contributed by atoms with Crippen LogP contribution < -0.4 is 5.32 Å². The molecule has 0 fully saturated rings. The van der Waals surface area contributed by atoms with E-state index in [-0.39, 0.29) is 0 Å². The van der Waals surface area contributed by atoms with Crippen molar-refractivity contribution < 1.29 is 9.90 Å². The van der Waals surface area contributed by atoms with Gasteiger partial charge in [-0.1, -0.05) is 0 Å². The van der Waals surface area contributed by atoms with Crippen molar-refractivity contribution >= 4 is 5.97 Å². The molecule has 1 atom stereocenters. The lowest BCUT2D eigenvalue weighted by Crippen LogP contribution is -2.33. The molecule has 0 aliphatic carbocycles. The predicted octanol–water partition coefficient (Wildman–Crippen LogP) is 0.0393. The summed E-state index contributed by atoms with van der Waals surface area (Å²) in [6, 6.07) is -0.555. The highest BCUT2D eigenvalue weighted by Crippen LogP contribution is 1.93. The average Bonchev–Trinajstić information content (AvgIpc) is 2.15. The van der Waals surface area contributed by atoms with Crippen LogP contribution in [0.5, 0.6) is 0 Å². The topological polar surface area (TPSA) is 75.1 Å². The summed E-state index contributed by atoms with van der Waals surface area (Å²) in [6.45, 7) is 2.06. The third kappa shape index (κ3) is 3.16. The summed E-state index contributed by atoms with van der Waals surface area (Å²) >= 11 is 0. The standard InChI is InChI=1S/C8H11N3O2/c1-6(8(12)13)11-4-7-2-9-5-10-3-7/h2-3,5-6,11H,4H2,1H3,(H,12,13). The number of nitrogens with zero attached hydrogens (tertiary/aromatic N) is 2. The molecule has 5 heteroatoms. The van der Waals surface area contributed by atoms with Gasteiger partial charge in [0.1, 0.15) is 12.4 Å². The van der Waals surface area contributed by atoms with Crippen LogP contribution in [0.2, 0.25) is 0 Å². The van der Waals surface area contributed by atoms with Gasteiger partial charge in [0.2, 0.25) is 0 Å². The minimum absolute atomic E-state index is 0.467. The van der Waals surface area contributed by atoms with Crippen LogP contribution in [0.25, 0.3) is 0 Å². The number of carboxylic acids is 1. The van der Waals surface area contributed by atoms with Crippen molar-refractivity contribution in [1.29, 1.82) is 0 Å². The van der Waals surface area contributed by atoms with Gasteiger partial charge in [-0.15, -0.1) is 0 Å². The molecule has 1 rings (SSSR count). The van der Waals surface area contributed by atoms with Crippen LogP contribution in [-0.2, 0) is 11.3 Å². The first-order valence-electron chi connectivity index (χ1n) is 3.90. The highest BCUT2D eigenvalue weighted by Gasteiger charge is 2.08. The number of hydrogen-bond acceptors (Lipinski definition) is 4. The molecule has 0 bridgehead atoms. The van der Waals surface area contributed by atoms with E-state index in [1.165, 1.54) is 6.33 Å². The Morgan fingerprint density at radius 3 is 2.77 bits per heavy atom. The fourth-order valence-electron chi connectivity index (χ4n) is 0.780. The molecule has 0 saturated heterocycles. The van der Waals surface area contributed by atoms with E-state index in [2.05, 4.69) is 15.3 Å². The molecule has 0 saturated carbocycles. The second kappa shape index (κ2) is 4.51.